The Morgan fingerprint density at radius 2 is 1.45 bits per heavy atom. The van der Waals surface area contributed by atoms with E-state index in [0.29, 0.717) is 33.8 Å². The molecule has 31 heavy (non-hydrogen) atoms. The number of ether oxygens (including phenoxy) is 2. The molecule has 0 unspecified atom stereocenters. The van der Waals surface area contributed by atoms with Crippen molar-refractivity contribution in [3.63, 3.8) is 0 Å². The highest BCUT2D eigenvalue weighted by Gasteiger charge is 2.30. The van der Waals surface area contributed by atoms with Crippen LogP contribution in [0.5, 0.6) is 11.5 Å². The van der Waals surface area contributed by atoms with Crippen molar-refractivity contribution in [2.45, 2.75) is 6.18 Å². The van der Waals surface area contributed by atoms with E-state index in [1.54, 1.807) is 12.1 Å². The van der Waals surface area contributed by atoms with E-state index in [9.17, 15) is 13.2 Å². The van der Waals surface area contributed by atoms with Crippen molar-refractivity contribution in [1.82, 2.24) is 10.2 Å². The molecule has 1 heterocycles. The first-order valence-electron chi connectivity index (χ1n) is 9.33. The maximum absolute atomic E-state index is 13.1. The zero-order chi connectivity index (χ0) is 22.0. The lowest BCUT2D eigenvalue weighted by Gasteiger charge is -2.15. The van der Waals surface area contributed by atoms with Gasteiger partial charge in [-0.1, -0.05) is 36.4 Å². The molecule has 0 aliphatic heterocycles. The van der Waals surface area contributed by atoms with Crippen LogP contribution in [0.3, 0.4) is 0 Å². The van der Waals surface area contributed by atoms with Gasteiger partial charge < -0.3 is 14.8 Å². The van der Waals surface area contributed by atoms with Crippen molar-refractivity contribution in [3.8, 4) is 22.8 Å². The summed E-state index contributed by atoms with van der Waals surface area (Å²) in [4.78, 5) is 0. The fourth-order valence-electron chi connectivity index (χ4n) is 3.29. The minimum atomic E-state index is -4.45. The molecule has 4 rings (SSSR count). The van der Waals surface area contributed by atoms with Gasteiger partial charge in [-0.15, -0.1) is 10.2 Å². The zero-order valence-corrected chi connectivity index (χ0v) is 16.7. The lowest BCUT2D eigenvalue weighted by Crippen LogP contribution is -2.06. The fourth-order valence-corrected chi connectivity index (χ4v) is 3.29. The molecule has 0 bridgehead atoms. The Labute approximate surface area is 176 Å². The number of nitrogens with one attached hydrogen (secondary N) is 1. The summed E-state index contributed by atoms with van der Waals surface area (Å²) >= 11 is 0. The highest BCUT2D eigenvalue weighted by Crippen LogP contribution is 2.39. The number of hydrogen-bond donors (Lipinski definition) is 1. The van der Waals surface area contributed by atoms with Gasteiger partial charge in [-0.05, 0) is 30.3 Å². The lowest BCUT2D eigenvalue weighted by molar-refractivity contribution is -0.137. The van der Waals surface area contributed by atoms with Crippen LogP contribution in [-0.2, 0) is 6.18 Å². The molecule has 0 spiro atoms. The largest absolute Gasteiger partial charge is 0.493 e. The Morgan fingerprint density at radius 1 is 0.774 bits per heavy atom. The number of alkyl halides is 3. The van der Waals surface area contributed by atoms with Crippen molar-refractivity contribution >= 4 is 22.3 Å². The Hall–Kier alpha value is -3.81. The minimum absolute atomic E-state index is 0.243. The van der Waals surface area contributed by atoms with Crippen LogP contribution >= 0.6 is 0 Å². The van der Waals surface area contributed by atoms with Crippen LogP contribution in [0.4, 0.5) is 24.7 Å². The molecule has 0 saturated carbocycles. The van der Waals surface area contributed by atoms with E-state index in [0.717, 1.165) is 17.7 Å². The zero-order valence-electron chi connectivity index (χ0n) is 16.7. The van der Waals surface area contributed by atoms with Crippen LogP contribution in [0.2, 0.25) is 0 Å². The normalized spacial score (nSPS) is 11.4. The lowest BCUT2D eigenvalue weighted by atomic mass is 10.0. The number of hydrogen-bond acceptors (Lipinski definition) is 5. The van der Waals surface area contributed by atoms with Crippen LogP contribution < -0.4 is 14.8 Å². The molecule has 0 atom stereocenters. The molecule has 5 nitrogen and oxygen atoms in total. The standard InChI is InChI=1S/C23H18F3N3O2/c1-30-19-12-17-18(13-20(19)31-2)22(29-28-21(17)14-7-4-3-5-8-14)27-16-10-6-9-15(11-16)23(24,25)26/h3-13H,1-2H3,(H,27,29). The third kappa shape index (κ3) is 4.09. The molecule has 1 N–H and O–H groups in total. The minimum Gasteiger partial charge on any atom is -0.493 e. The van der Waals surface area contributed by atoms with Gasteiger partial charge in [0.1, 0.15) is 5.69 Å². The smallest absolute Gasteiger partial charge is 0.416 e. The number of methoxy groups -OCH3 is 2. The van der Waals surface area contributed by atoms with Crippen LogP contribution in [-0.4, -0.2) is 24.4 Å². The first-order chi connectivity index (χ1) is 14.9. The summed E-state index contributed by atoms with van der Waals surface area (Å²) in [6, 6.07) is 17.9. The number of fused-ring (bicyclic) bond motifs is 1. The molecule has 158 valence electrons. The monoisotopic (exact) mass is 425 g/mol. The molecule has 0 saturated heterocycles. The summed E-state index contributed by atoms with van der Waals surface area (Å²) in [5.41, 5.74) is 0.951. The summed E-state index contributed by atoms with van der Waals surface area (Å²) in [7, 11) is 3.04. The third-order valence-corrected chi connectivity index (χ3v) is 4.78. The van der Waals surface area contributed by atoms with Gasteiger partial charge in [0, 0.05) is 22.0 Å². The van der Waals surface area contributed by atoms with Crippen LogP contribution in [0.1, 0.15) is 5.56 Å². The van der Waals surface area contributed by atoms with Crippen molar-refractivity contribution < 1.29 is 22.6 Å². The van der Waals surface area contributed by atoms with Crippen molar-refractivity contribution in [2.75, 3.05) is 19.5 Å². The van der Waals surface area contributed by atoms with Gasteiger partial charge >= 0.3 is 6.18 Å². The second-order valence-corrected chi connectivity index (χ2v) is 6.72. The van der Waals surface area contributed by atoms with Crippen molar-refractivity contribution in [1.29, 1.82) is 0 Å². The number of rotatable bonds is 5. The number of halogens is 3. The second kappa shape index (κ2) is 8.14. The Balaban J connectivity index is 1.89. The molecular formula is C23H18F3N3O2. The van der Waals surface area contributed by atoms with Gasteiger partial charge in [0.25, 0.3) is 0 Å². The van der Waals surface area contributed by atoms with E-state index < -0.39 is 11.7 Å². The number of nitrogens with zero attached hydrogens (tertiary/aromatic N) is 2. The number of benzene rings is 3. The average Bonchev–Trinajstić information content (AvgIpc) is 2.78. The van der Waals surface area contributed by atoms with Gasteiger partial charge in [0.05, 0.1) is 19.8 Å². The summed E-state index contributed by atoms with van der Waals surface area (Å²) in [6.45, 7) is 0. The maximum atomic E-state index is 13.1. The van der Waals surface area contributed by atoms with Gasteiger partial charge in [-0.2, -0.15) is 13.2 Å². The SMILES string of the molecule is COc1cc2c(Nc3cccc(C(F)(F)F)c3)nnc(-c3ccccc3)c2cc1OC. The quantitative estimate of drug-likeness (QED) is 0.420. The summed E-state index contributed by atoms with van der Waals surface area (Å²) < 4.78 is 50.1. The van der Waals surface area contributed by atoms with E-state index in [1.807, 2.05) is 30.3 Å². The first kappa shape index (κ1) is 20.5. The molecule has 4 aromatic rings. The Kier molecular flexibility index (Phi) is 5.37. The van der Waals surface area contributed by atoms with Gasteiger partial charge in [-0.3, -0.25) is 0 Å². The van der Waals surface area contributed by atoms with Crippen molar-refractivity contribution in [3.05, 3.63) is 72.3 Å². The number of anilines is 2. The Bertz CT molecular complexity index is 1230. The molecule has 1 aromatic heterocycles. The maximum Gasteiger partial charge on any atom is 0.416 e. The van der Waals surface area contributed by atoms with Crippen molar-refractivity contribution in [2.24, 2.45) is 0 Å². The molecule has 0 aliphatic carbocycles. The molecule has 8 heteroatoms. The molecule has 0 aliphatic rings. The highest BCUT2D eigenvalue weighted by atomic mass is 19.4. The van der Waals surface area contributed by atoms with E-state index in [-0.39, 0.29) is 5.69 Å². The van der Waals surface area contributed by atoms with E-state index in [1.165, 1.54) is 26.4 Å². The topological polar surface area (TPSA) is 56.3 Å². The van der Waals surface area contributed by atoms with Crippen LogP contribution in [0.25, 0.3) is 22.0 Å². The predicted molar refractivity (Wildman–Crippen MR) is 113 cm³/mol. The summed E-state index contributed by atoms with van der Waals surface area (Å²) in [6.07, 6.45) is -4.45. The third-order valence-electron chi connectivity index (χ3n) is 4.78. The summed E-state index contributed by atoms with van der Waals surface area (Å²) in [5.74, 6) is 1.27. The van der Waals surface area contributed by atoms with Gasteiger partial charge in [-0.25, -0.2) is 0 Å². The van der Waals surface area contributed by atoms with Gasteiger partial charge in [0.2, 0.25) is 0 Å². The van der Waals surface area contributed by atoms with E-state index in [2.05, 4.69) is 15.5 Å². The van der Waals surface area contributed by atoms with E-state index >= 15 is 0 Å². The summed E-state index contributed by atoms with van der Waals surface area (Å²) in [5, 5.41) is 12.9. The van der Waals surface area contributed by atoms with Crippen LogP contribution in [0, 0.1) is 0 Å². The highest BCUT2D eigenvalue weighted by molar-refractivity contribution is 6.02. The predicted octanol–water partition coefficient (Wildman–Crippen LogP) is 6.08. The Morgan fingerprint density at radius 3 is 2.10 bits per heavy atom. The molecule has 0 radical (unpaired) electrons. The van der Waals surface area contributed by atoms with Gasteiger partial charge in [0.15, 0.2) is 17.3 Å². The molecule has 0 amide bonds. The fraction of sp³-hybridized carbons (Fsp3) is 0.130. The first-order valence-corrected chi connectivity index (χ1v) is 9.33. The molecular weight excluding hydrogens is 407 g/mol. The average molecular weight is 425 g/mol. The van der Waals surface area contributed by atoms with Crippen LogP contribution in [0.15, 0.2) is 66.7 Å². The molecule has 0 fully saturated rings. The number of aromatic nitrogens is 2. The second-order valence-electron chi connectivity index (χ2n) is 6.72. The molecule has 3 aromatic carbocycles. The van der Waals surface area contributed by atoms with E-state index in [4.69, 9.17) is 9.47 Å².